The summed E-state index contributed by atoms with van der Waals surface area (Å²) in [5.41, 5.74) is 1.09. The van der Waals surface area contributed by atoms with Gasteiger partial charge < -0.3 is 4.90 Å². The lowest BCUT2D eigenvalue weighted by Gasteiger charge is -2.20. The van der Waals surface area contributed by atoms with E-state index in [1.54, 1.807) is 0 Å². The Labute approximate surface area is 99.6 Å². The summed E-state index contributed by atoms with van der Waals surface area (Å²) in [6.45, 7) is 0. The Bertz CT molecular complexity index is 449. The van der Waals surface area contributed by atoms with Crippen molar-refractivity contribution in [3.8, 4) is 12.1 Å². The third kappa shape index (κ3) is 2.56. The van der Waals surface area contributed by atoms with Gasteiger partial charge in [-0.15, -0.1) is 11.8 Å². The first-order valence-corrected chi connectivity index (χ1v) is 5.84. The van der Waals surface area contributed by atoms with Crippen molar-refractivity contribution in [1.82, 2.24) is 0 Å². The van der Waals surface area contributed by atoms with E-state index in [2.05, 4.69) is 0 Å². The zero-order valence-electron chi connectivity index (χ0n) is 9.14. The lowest BCUT2D eigenvalue weighted by Crippen LogP contribution is -2.15. The predicted molar refractivity (Wildman–Crippen MR) is 66.6 cm³/mol. The number of nitrogens with zero attached hydrogens (tertiary/aromatic N) is 3. The molecule has 0 amide bonds. The summed E-state index contributed by atoms with van der Waals surface area (Å²) in [5.74, 6) is 0. The van der Waals surface area contributed by atoms with Gasteiger partial charge in [-0.05, 0) is 18.4 Å². The fraction of sp³-hybridized carbons (Fsp3) is 0.167. The van der Waals surface area contributed by atoms with Crippen molar-refractivity contribution in [2.24, 2.45) is 0 Å². The van der Waals surface area contributed by atoms with E-state index in [9.17, 15) is 0 Å². The molecule has 0 aliphatic carbocycles. The van der Waals surface area contributed by atoms with E-state index in [-0.39, 0.29) is 5.57 Å². The molecule has 0 heterocycles. The van der Waals surface area contributed by atoms with E-state index in [1.807, 2.05) is 60.7 Å². The van der Waals surface area contributed by atoms with Crippen LogP contribution in [0, 0.1) is 22.7 Å². The largest absolute Gasteiger partial charge is 0.338 e. The van der Waals surface area contributed by atoms with Gasteiger partial charge in [-0.2, -0.15) is 10.5 Å². The number of allylic oxidation sites excluding steroid dienone is 1. The van der Waals surface area contributed by atoms with Crippen LogP contribution in [0.3, 0.4) is 0 Å². The van der Waals surface area contributed by atoms with Crippen molar-refractivity contribution < 1.29 is 0 Å². The van der Waals surface area contributed by atoms with Crippen LogP contribution < -0.4 is 4.90 Å². The number of rotatable bonds is 3. The van der Waals surface area contributed by atoms with Crippen molar-refractivity contribution in [1.29, 1.82) is 10.5 Å². The topological polar surface area (TPSA) is 50.8 Å². The summed E-state index contributed by atoms with van der Waals surface area (Å²) < 4.78 is 0. The van der Waals surface area contributed by atoms with Crippen molar-refractivity contribution >= 4 is 17.4 Å². The molecule has 1 aromatic carbocycles. The lowest BCUT2D eigenvalue weighted by molar-refractivity contribution is 1.17. The molecule has 0 unspecified atom stereocenters. The van der Waals surface area contributed by atoms with E-state index in [0.717, 1.165) is 5.69 Å². The second-order valence-electron chi connectivity index (χ2n) is 3.00. The van der Waals surface area contributed by atoms with E-state index in [4.69, 9.17) is 10.5 Å². The highest BCUT2D eigenvalue weighted by Crippen LogP contribution is 2.25. The van der Waals surface area contributed by atoms with E-state index < -0.39 is 0 Å². The van der Waals surface area contributed by atoms with Crippen molar-refractivity contribution in [3.05, 3.63) is 40.9 Å². The molecule has 0 spiro atoms. The molecule has 0 saturated carbocycles. The molecule has 0 saturated heterocycles. The van der Waals surface area contributed by atoms with Crippen LogP contribution in [-0.2, 0) is 0 Å². The van der Waals surface area contributed by atoms with Crippen LogP contribution in [0.25, 0.3) is 0 Å². The summed E-state index contributed by atoms with van der Waals surface area (Å²) in [6, 6.07) is 13.4. The third-order valence-electron chi connectivity index (χ3n) is 2.08. The summed E-state index contributed by atoms with van der Waals surface area (Å²) in [6.07, 6.45) is 1.85. The fourth-order valence-electron chi connectivity index (χ4n) is 1.30. The standard InChI is InChI=1S/C12H11N3S/c1-15(11-6-4-3-5-7-11)12(16-2)10(8-13)9-14/h3-7H,1-2H3. The second kappa shape index (κ2) is 5.85. The van der Waals surface area contributed by atoms with Gasteiger partial charge in [0.05, 0.1) is 0 Å². The minimum Gasteiger partial charge on any atom is -0.338 e. The van der Waals surface area contributed by atoms with Crippen molar-refractivity contribution in [2.75, 3.05) is 18.2 Å². The number of hydrogen-bond acceptors (Lipinski definition) is 4. The van der Waals surface area contributed by atoms with Gasteiger partial charge in [0.25, 0.3) is 0 Å². The molecule has 0 N–H and O–H groups in total. The molecule has 4 heteroatoms. The molecular formula is C12H11N3S. The Morgan fingerprint density at radius 3 is 2.19 bits per heavy atom. The van der Waals surface area contributed by atoms with Gasteiger partial charge in [-0.3, -0.25) is 0 Å². The highest BCUT2D eigenvalue weighted by Gasteiger charge is 2.11. The molecular weight excluding hydrogens is 218 g/mol. The number of para-hydroxylation sites is 1. The average molecular weight is 229 g/mol. The highest BCUT2D eigenvalue weighted by atomic mass is 32.2. The zero-order chi connectivity index (χ0) is 12.0. The highest BCUT2D eigenvalue weighted by molar-refractivity contribution is 8.02. The molecule has 80 valence electrons. The SMILES string of the molecule is CSC(=C(C#N)C#N)N(C)c1ccccc1. The van der Waals surface area contributed by atoms with Crippen LogP contribution in [0.5, 0.6) is 0 Å². The van der Waals surface area contributed by atoms with Gasteiger partial charge in [0.15, 0.2) is 5.57 Å². The molecule has 0 aliphatic rings. The number of nitriles is 2. The summed E-state index contributed by atoms with van der Waals surface area (Å²) in [4.78, 5) is 1.84. The zero-order valence-corrected chi connectivity index (χ0v) is 9.95. The minimum absolute atomic E-state index is 0.138. The maximum atomic E-state index is 8.85. The van der Waals surface area contributed by atoms with Crippen LogP contribution in [0.4, 0.5) is 5.69 Å². The average Bonchev–Trinajstić information content (AvgIpc) is 2.36. The molecule has 0 radical (unpaired) electrons. The summed E-state index contributed by atoms with van der Waals surface area (Å²) in [5, 5.41) is 18.4. The summed E-state index contributed by atoms with van der Waals surface area (Å²) >= 11 is 1.39. The molecule has 1 rings (SSSR count). The smallest absolute Gasteiger partial charge is 0.159 e. The molecule has 0 fully saturated rings. The predicted octanol–water partition coefficient (Wildman–Crippen LogP) is 2.74. The van der Waals surface area contributed by atoms with E-state index in [0.29, 0.717) is 5.03 Å². The molecule has 1 aromatic rings. The first-order chi connectivity index (χ1) is 7.74. The first-order valence-electron chi connectivity index (χ1n) is 4.61. The summed E-state index contributed by atoms with van der Waals surface area (Å²) in [7, 11) is 1.84. The normalized spacial score (nSPS) is 8.75. The van der Waals surface area contributed by atoms with Crippen molar-refractivity contribution in [3.63, 3.8) is 0 Å². The monoisotopic (exact) mass is 229 g/mol. The van der Waals surface area contributed by atoms with Crippen molar-refractivity contribution in [2.45, 2.75) is 0 Å². The molecule has 3 nitrogen and oxygen atoms in total. The Morgan fingerprint density at radius 1 is 1.19 bits per heavy atom. The number of thioether (sulfide) groups is 1. The molecule has 16 heavy (non-hydrogen) atoms. The van der Waals surface area contributed by atoms with Gasteiger partial charge in [-0.1, -0.05) is 18.2 Å². The Hall–Kier alpha value is -1.91. The van der Waals surface area contributed by atoms with E-state index >= 15 is 0 Å². The van der Waals surface area contributed by atoms with Gasteiger partial charge in [0.2, 0.25) is 0 Å². The van der Waals surface area contributed by atoms with Crippen LogP contribution in [0.15, 0.2) is 40.9 Å². The Kier molecular flexibility index (Phi) is 4.44. The molecule has 0 aromatic heterocycles. The molecule has 0 atom stereocenters. The number of anilines is 1. The quantitative estimate of drug-likeness (QED) is 0.748. The van der Waals surface area contributed by atoms with Gasteiger partial charge in [-0.25, -0.2) is 0 Å². The fourth-order valence-corrected chi connectivity index (χ4v) is 1.97. The van der Waals surface area contributed by atoms with Gasteiger partial charge in [0, 0.05) is 12.7 Å². The van der Waals surface area contributed by atoms with Crippen LogP contribution in [0.1, 0.15) is 0 Å². The first kappa shape index (κ1) is 12.2. The third-order valence-corrected chi connectivity index (χ3v) is 2.94. The maximum absolute atomic E-state index is 8.85. The Morgan fingerprint density at radius 2 is 1.75 bits per heavy atom. The Balaban J connectivity index is 3.15. The molecule has 0 aliphatic heterocycles. The maximum Gasteiger partial charge on any atom is 0.159 e. The van der Waals surface area contributed by atoms with Gasteiger partial charge in [0.1, 0.15) is 17.2 Å². The lowest BCUT2D eigenvalue weighted by atomic mass is 10.3. The number of benzene rings is 1. The van der Waals surface area contributed by atoms with Crippen LogP contribution >= 0.6 is 11.8 Å². The van der Waals surface area contributed by atoms with Crippen LogP contribution in [-0.4, -0.2) is 13.3 Å². The number of hydrogen-bond donors (Lipinski definition) is 0. The minimum atomic E-state index is 0.138. The second-order valence-corrected chi connectivity index (χ2v) is 3.80. The van der Waals surface area contributed by atoms with Crippen LogP contribution in [0.2, 0.25) is 0 Å². The van der Waals surface area contributed by atoms with Gasteiger partial charge >= 0.3 is 0 Å². The molecule has 0 bridgehead atoms. The van der Waals surface area contributed by atoms with E-state index in [1.165, 1.54) is 11.8 Å².